The highest BCUT2D eigenvalue weighted by molar-refractivity contribution is 5.46. The number of nitro benzene ring substituents is 2. The van der Waals surface area contributed by atoms with Gasteiger partial charge in [-0.3, -0.25) is 20.2 Å². The predicted octanol–water partition coefficient (Wildman–Crippen LogP) is 5.64. The lowest BCUT2D eigenvalue weighted by molar-refractivity contribution is -0.385. The van der Waals surface area contributed by atoms with Gasteiger partial charge in [0, 0.05) is 12.1 Å². The molecule has 3 aromatic rings. The number of hydrogen-bond donors (Lipinski definition) is 0. The molecule has 0 fully saturated rings. The molecule has 154 valence electrons. The molecule has 0 amide bonds. The van der Waals surface area contributed by atoms with Crippen molar-refractivity contribution >= 4 is 11.4 Å². The SMILES string of the molecule is O=[N+]([O-])c1cccc(Oc2c(F)c(F)c(Oc3cccc([N+](=O)[O-])c3)c(F)c2F)c1. The van der Waals surface area contributed by atoms with E-state index in [0.717, 1.165) is 48.5 Å². The average Bonchev–Trinajstić information content (AvgIpc) is 2.73. The van der Waals surface area contributed by atoms with Crippen molar-refractivity contribution in [3.63, 3.8) is 0 Å². The molecule has 0 saturated carbocycles. The number of rotatable bonds is 6. The van der Waals surface area contributed by atoms with Crippen LogP contribution in [-0.2, 0) is 0 Å². The second-order valence-corrected chi connectivity index (χ2v) is 5.63. The van der Waals surface area contributed by atoms with Crippen LogP contribution in [0.15, 0.2) is 48.5 Å². The van der Waals surface area contributed by atoms with Gasteiger partial charge in [-0.1, -0.05) is 12.1 Å². The van der Waals surface area contributed by atoms with Crippen molar-refractivity contribution in [3.8, 4) is 23.0 Å². The van der Waals surface area contributed by atoms with Crippen molar-refractivity contribution in [2.24, 2.45) is 0 Å². The Hall–Kier alpha value is -4.22. The lowest BCUT2D eigenvalue weighted by Crippen LogP contribution is -2.04. The third kappa shape index (κ3) is 3.97. The summed E-state index contributed by atoms with van der Waals surface area (Å²) in [5, 5.41) is 21.5. The summed E-state index contributed by atoms with van der Waals surface area (Å²) in [6.45, 7) is 0. The Balaban J connectivity index is 2.00. The topological polar surface area (TPSA) is 105 Å². The van der Waals surface area contributed by atoms with Crippen LogP contribution >= 0.6 is 0 Å². The van der Waals surface area contributed by atoms with Crippen LogP contribution < -0.4 is 9.47 Å². The lowest BCUT2D eigenvalue weighted by atomic mass is 10.2. The smallest absolute Gasteiger partial charge is 0.273 e. The molecule has 0 aliphatic carbocycles. The van der Waals surface area contributed by atoms with Gasteiger partial charge >= 0.3 is 0 Å². The molecule has 0 spiro atoms. The Kier molecular flexibility index (Phi) is 5.49. The van der Waals surface area contributed by atoms with Crippen molar-refractivity contribution in [3.05, 3.63) is 92.0 Å². The van der Waals surface area contributed by atoms with E-state index >= 15 is 0 Å². The van der Waals surface area contributed by atoms with Crippen LogP contribution in [0.1, 0.15) is 0 Å². The average molecular weight is 424 g/mol. The number of nitro groups is 2. The maximum absolute atomic E-state index is 14.3. The van der Waals surface area contributed by atoms with E-state index in [4.69, 9.17) is 9.47 Å². The minimum Gasteiger partial charge on any atom is -0.451 e. The first-order chi connectivity index (χ1) is 14.2. The molecule has 3 rings (SSSR count). The highest BCUT2D eigenvalue weighted by Crippen LogP contribution is 2.39. The molecule has 30 heavy (non-hydrogen) atoms. The van der Waals surface area contributed by atoms with Crippen LogP contribution in [0.25, 0.3) is 0 Å². The van der Waals surface area contributed by atoms with Gasteiger partial charge in [0.15, 0.2) is 0 Å². The number of benzene rings is 3. The number of nitrogens with zero attached hydrogens (tertiary/aromatic N) is 2. The number of halogens is 4. The second kappa shape index (κ2) is 8.03. The highest BCUT2D eigenvalue weighted by atomic mass is 19.2. The van der Waals surface area contributed by atoms with E-state index in [-0.39, 0.29) is 0 Å². The largest absolute Gasteiger partial charge is 0.451 e. The van der Waals surface area contributed by atoms with Crippen LogP contribution in [0.2, 0.25) is 0 Å². The normalized spacial score (nSPS) is 10.5. The zero-order valence-electron chi connectivity index (χ0n) is 14.5. The standard InChI is InChI=1S/C18H8F4N2O6/c19-13-15(21)18(30-12-6-2-4-10(8-12)24(27)28)16(22)14(20)17(13)29-11-5-1-3-9(7-11)23(25)26/h1-8H. The maximum Gasteiger partial charge on any atom is 0.273 e. The molecule has 0 N–H and O–H groups in total. The van der Waals surface area contributed by atoms with Crippen molar-refractivity contribution in [2.45, 2.75) is 0 Å². The molecule has 12 heteroatoms. The first-order valence-electron chi connectivity index (χ1n) is 7.89. The zero-order chi connectivity index (χ0) is 22.0. The molecule has 0 saturated heterocycles. The van der Waals surface area contributed by atoms with Crippen LogP contribution in [0.5, 0.6) is 23.0 Å². The van der Waals surface area contributed by atoms with Gasteiger partial charge in [0.25, 0.3) is 11.4 Å². The van der Waals surface area contributed by atoms with Gasteiger partial charge in [-0.15, -0.1) is 0 Å². The Morgan fingerprint density at radius 3 is 1.27 bits per heavy atom. The minimum absolute atomic E-state index is 0.451. The Bertz CT molecular complexity index is 1050. The first kappa shape index (κ1) is 20.5. The van der Waals surface area contributed by atoms with Gasteiger partial charge < -0.3 is 9.47 Å². The van der Waals surface area contributed by atoms with Gasteiger partial charge in [-0.2, -0.15) is 17.6 Å². The van der Waals surface area contributed by atoms with Gasteiger partial charge in [0.05, 0.1) is 22.0 Å². The Morgan fingerprint density at radius 2 is 0.967 bits per heavy atom. The van der Waals surface area contributed by atoms with Crippen molar-refractivity contribution < 1.29 is 36.9 Å². The lowest BCUT2D eigenvalue weighted by Gasteiger charge is -2.13. The summed E-state index contributed by atoms with van der Waals surface area (Å²) in [5.41, 5.74) is -0.972. The summed E-state index contributed by atoms with van der Waals surface area (Å²) in [6, 6.07) is 8.15. The highest BCUT2D eigenvalue weighted by Gasteiger charge is 2.29. The van der Waals surface area contributed by atoms with Crippen molar-refractivity contribution in [1.82, 2.24) is 0 Å². The van der Waals surface area contributed by atoms with E-state index < -0.39 is 67.5 Å². The van der Waals surface area contributed by atoms with Crippen LogP contribution in [0.3, 0.4) is 0 Å². The molecule has 0 aromatic heterocycles. The monoisotopic (exact) mass is 424 g/mol. The third-order valence-corrected chi connectivity index (χ3v) is 3.68. The summed E-state index contributed by atoms with van der Waals surface area (Å²) in [5.74, 6) is -11.8. The van der Waals surface area contributed by atoms with Crippen molar-refractivity contribution in [1.29, 1.82) is 0 Å². The van der Waals surface area contributed by atoms with Gasteiger partial charge in [-0.05, 0) is 12.1 Å². The van der Waals surface area contributed by atoms with E-state index in [2.05, 4.69) is 0 Å². The van der Waals surface area contributed by atoms with Crippen LogP contribution in [-0.4, -0.2) is 9.85 Å². The predicted molar refractivity (Wildman–Crippen MR) is 92.6 cm³/mol. The molecule has 0 radical (unpaired) electrons. The molecule has 0 bridgehead atoms. The van der Waals surface area contributed by atoms with Crippen LogP contribution in [0.4, 0.5) is 28.9 Å². The number of ether oxygens (including phenoxy) is 2. The molecule has 0 heterocycles. The fourth-order valence-corrected chi connectivity index (χ4v) is 2.33. The van der Waals surface area contributed by atoms with E-state index in [1.165, 1.54) is 0 Å². The first-order valence-corrected chi connectivity index (χ1v) is 7.89. The summed E-state index contributed by atoms with van der Waals surface area (Å²) in [6.07, 6.45) is 0. The molecular formula is C18H8F4N2O6. The fraction of sp³-hybridized carbons (Fsp3) is 0. The van der Waals surface area contributed by atoms with Gasteiger partial charge in [0.1, 0.15) is 11.5 Å². The quantitative estimate of drug-likeness (QED) is 0.219. The fourth-order valence-electron chi connectivity index (χ4n) is 2.33. The Morgan fingerprint density at radius 1 is 0.633 bits per heavy atom. The summed E-state index contributed by atoms with van der Waals surface area (Å²) >= 11 is 0. The number of non-ortho nitro benzene ring substituents is 2. The maximum atomic E-state index is 14.3. The molecule has 8 nitrogen and oxygen atoms in total. The second-order valence-electron chi connectivity index (χ2n) is 5.63. The zero-order valence-corrected chi connectivity index (χ0v) is 14.5. The molecular weight excluding hydrogens is 416 g/mol. The van der Waals surface area contributed by atoms with E-state index in [0.29, 0.717) is 0 Å². The van der Waals surface area contributed by atoms with E-state index in [9.17, 15) is 37.8 Å². The van der Waals surface area contributed by atoms with E-state index in [1.54, 1.807) is 0 Å². The van der Waals surface area contributed by atoms with Crippen molar-refractivity contribution in [2.75, 3.05) is 0 Å². The molecule has 0 atom stereocenters. The van der Waals surface area contributed by atoms with Gasteiger partial charge in [-0.25, -0.2) is 0 Å². The molecule has 0 aliphatic heterocycles. The minimum atomic E-state index is -1.97. The van der Waals surface area contributed by atoms with Crippen LogP contribution in [0, 0.1) is 43.5 Å². The summed E-state index contributed by atoms with van der Waals surface area (Å²) < 4.78 is 66.9. The summed E-state index contributed by atoms with van der Waals surface area (Å²) in [7, 11) is 0. The number of hydrogen-bond acceptors (Lipinski definition) is 6. The molecule has 3 aromatic carbocycles. The van der Waals surface area contributed by atoms with E-state index in [1.807, 2.05) is 0 Å². The molecule has 0 unspecified atom stereocenters. The summed E-state index contributed by atoms with van der Waals surface area (Å²) in [4.78, 5) is 19.9. The van der Waals surface area contributed by atoms with Gasteiger partial charge in [0.2, 0.25) is 34.8 Å². The molecule has 0 aliphatic rings. The third-order valence-electron chi connectivity index (χ3n) is 3.68. The Labute approximate surface area is 164 Å².